The van der Waals surface area contributed by atoms with Crippen LogP contribution < -0.4 is 0 Å². The Morgan fingerprint density at radius 1 is 1.29 bits per heavy atom. The summed E-state index contributed by atoms with van der Waals surface area (Å²) >= 11 is 0. The average molecular weight is 275 g/mol. The third kappa shape index (κ3) is 3.04. The molecule has 0 aliphatic rings. The van der Waals surface area contributed by atoms with E-state index in [1.807, 2.05) is 0 Å². The molecule has 0 fully saturated rings. The van der Waals surface area contributed by atoms with Crippen LogP contribution in [0.2, 0.25) is 0 Å². The number of halogens is 2. The molecule has 1 aromatic heterocycles. The summed E-state index contributed by atoms with van der Waals surface area (Å²) in [5, 5.41) is 6.43. The Morgan fingerprint density at radius 2 is 1.94 bits per heavy atom. The fourth-order valence-electron chi connectivity index (χ4n) is 1.47. The van der Waals surface area contributed by atoms with Crippen molar-refractivity contribution in [1.29, 1.82) is 0 Å². The number of aromatic nitrogens is 2. The van der Waals surface area contributed by atoms with Crippen LogP contribution in [0.15, 0.2) is 30.5 Å². The topological polar surface area (TPSA) is 62.8 Å². The van der Waals surface area contributed by atoms with E-state index in [0.717, 1.165) is 0 Å². The van der Waals surface area contributed by atoms with Crippen molar-refractivity contribution in [2.45, 2.75) is 5.75 Å². The largest absolute Gasteiger partial charge is 0.278 e. The lowest BCUT2D eigenvalue weighted by Gasteiger charge is -2.01. The van der Waals surface area contributed by atoms with Crippen molar-refractivity contribution >= 4 is 19.7 Å². The van der Waals surface area contributed by atoms with Gasteiger partial charge in [0, 0.05) is 21.8 Å². The van der Waals surface area contributed by atoms with Gasteiger partial charge in [0.25, 0.3) is 0 Å². The molecule has 0 bridgehead atoms. The summed E-state index contributed by atoms with van der Waals surface area (Å²) in [5.41, 5.74) is 1.63. The number of hydrogen-bond donors (Lipinski definition) is 1. The zero-order valence-corrected chi connectivity index (χ0v) is 10.1. The highest BCUT2D eigenvalue weighted by Crippen LogP contribution is 2.23. The maximum atomic E-state index is 12.8. The minimum atomic E-state index is -3.65. The minimum absolute atomic E-state index is 0.322. The number of H-pyrrole nitrogens is 1. The van der Waals surface area contributed by atoms with Gasteiger partial charge in [-0.3, -0.25) is 5.10 Å². The van der Waals surface area contributed by atoms with Crippen molar-refractivity contribution < 1.29 is 12.8 Å². The van der Waals surface area contributed by atoms with E-state index in [4.69, 9.17) is 10.7 Å². The number of benzene rings is 1. The maximum Gasteiger partial charge on any atom is 0.236 e. The molecule has 0 amide bonds. The Kier molecular flexibility index (Phi) is 3.17. The molecule has 1 heterocycles. The molecule has 0 spiro atoms. The van der Waals surface area contributed by atoms with Crippen molar-refractivity contribution in [2.75, 3.05) is 0 Å². The molecule has 0 saturated carbocycles. The first-order valence-electron chi connectivity index (χ1n) is 4.66. The molecular weight excluding hydrogens is 267 g/mol. The van der Waals surface area contributed by atoms with E-state index in [2.05, 4.69) is 10.2 Å². The van der Waals surface area contributed by atoms with Crippen molar-refractivity contribution in [3.05, 3.63) is 41.8 Å². The molecule has 4 nitrogen and oxygen atoms in total. The van der Waals surface area contributed by atoms with E-state index >= 15 is 0 Å². The van der Waals surface area contributed by atoms with Crippen molar-refractivity contribution in [1.82, 2.24) is 10.2 Å². The lowest BCUT2D eigenvalue weighted by atomic mass is 10.1. The van der Waals surface area contributed by atoms with Gasteiger partial charge >= 0.3 is 0 Å². The van der Waals surface area contributed by atoms with E-state index in [9.17, 15) is 12.8 Å². The van der Waals surface area contributed by atoms with Gasteiger partial charge in [0.05, 0.1) is 17.6 Å². The third-order valence-corrected chi connectivity index (χ3v) is 3.16. The number of aromatic amines is 1. The summed E-state index contributed by atoms with van der Waals surface area (Å²) in [6, 6.07) is 5.64. The van der Waals surface area contributed by atoms with E-state index in [0.29, 0.717) is 16.8 Å². The zero-order chi connectivity index (χ0) is 12.5. The van der Waals surface area contributed by atoms with Gasteiger partial charge in [-0.2, -0.15) is 5.10 Å². The fourth-order valence-corrected chi connectivity index (χ4v) is 2.42. The molecule has 17 heavy (non-hydrogen) atoms. The minimum Gasteiger partial charge on any atom is -0.278 e. The van der Waals surface area contributed by atoms with Gasteiger partial charge in [-0.05, 0) is 24.3 Å². The highest BCUT2D eigenvalue weighted by Gasteiger charge is 2.14. The highest BCUT2D eigenvalue weighted by molar-refractivity contribution is 8.13. The first kappa shape index (κ1) is 12.1. The van der Waals surface area contributed by atoms with Crippen LogP contribution in [-0.2, 0) is 14.8 Å². The Morgan fingerprint density at radius 3 is 2.53 bits per heavy atom. The molecule has 0 atom stereocenters. The van der Waals surface area contributed by atoms with Gasteiger partial charge in [-0.25, -0.2) is 12.8 Å². The van der Waals surface area contributed by atoms with Crippen LogP contribution in [0.5, 0.6) is 0 Å². The molecule has 0 aliphatic heterocycles. The van der Waals surface area contributed by atoms with Gasteiger partial charge in [-0.15, -0.1) is 0 Å². The van der Waals surface area contributed by atoms with Crippen LogP contribution >= 0.6 is 10.7 Å². The van der Waals surface area contributed by atoms with Crippen LogP contribution in [0.3, 0.4) is 0 Å². The van der Waals surface area contributed by atoms with Gasteiger partial charge in [0.1, 0.15) is 5.82 Å². The average Bonchev–Trinajstić information content (AvgIpc) is 2.64. The van der Waals surface area contributed by atoms with E-state index in [1.165, 1.54) is 30.5 Å². The van der Waals surface area contributed by atoms with Crippen LogP contribution in [0.25, 0.3) is 11.3 Å². The van der Waals surface area contributed by atoms with Gasteiger partial charge in [0.15, 0.2) is 0 Å². The Labute approximate surface area is 102 Å². The van der Waals surface area contributed by atoms with Gasteiger partial charge in [-0.1, -0.05) is 0 Å². The molecule has 90 valence electrons. The number of rotatable bonds is 3. The standard InChI is InChI=1S/C10H8ClFN2O2S/c11-17(15,16)6-8-5-13-14-10(8)7-1-3-9(12)4-2-7/h1-5H,6H2,(H,13,14). The van der Waals surface area contributed by atoms with Crippen molar-refractivity contribution in [2.24, 2.45) is 0 Å². The fraction of sp³-hybridized carbons (Fsp3) is 0.100. The number of nitrogens with one attached hydrogen (secondary N) is 1. The van der Waals surface area contributed by atoms with E-state index in [1.54, 1.807) is 0 Å². The van der Waals surface area contributed by atoms with E-state index < -0.39 is 9.05 Å². The Balaban J connectivity index is 2.40. The Bertz CT molecular complexity index is 622. The molecule has 0 radical (unpaired) electrons. The summed E-state index contributed by atoms with van der Waals surface area (Å²) in [6.07, 6.45) is 1.39. The number of nitrogens with zero attached hydrogens (tertiary/aromatic N) is 1. The molecule has 2 rings (SSSR count). The summed E-state index contributed by atoms with van der Waals surface area (Å²) in [4.78, 5) is 0. The second-order valence-electron chi connectivity index (χ2n) is 3.46. The predicted molar refractivity (Wildman–Crippen MR) is 62.5 cm³/mol. The normalized spacial score (nSPS) is 11.6. The second-order valence-corrected chi connectivity index (χ2v) is 6.24. The molecule has 2 aromatic rings. The molecule has 0 unspecified atom stereocenters. The molecule has 0 aliphatic carbocycles. The molecule has 1 N–H and O–H groups in total. The smallest absolute Gasteiger partial charge is 0.236 e. The Hall–Kier alpha value is -1.40. The highest BCUT2D eigenvalue weighted by atomic mass is 35.7. The summed E-state index contributed by atoms with van der Waals surface area (Å²) in [7, 11) is 1.53. The monoisotopic (exact) mass is 274 g/mol. The van der Waals surface area contributed by atoms with Crippen LogP contribution in [0, 0.1) is 5.82 Å². The van der Waals surface area contributed by atoms with Crippen LogP contribution in [0.1, 0.15) is 5.56 Å². The first-order valence-corrected chi connectivity index (χ1v) is 7.14. The van der Waals surface area contributed by atoms with Crippen LogP contribution in [-0.4, -0.2) is 18.6 Å². The van der Waals surface area contributed by atoms with Gasteiger partial charge < -0.3 is 0 Å². The van der Waals surface area contributed by atoms with E-state index in [-0.39, 0.29) is 11.6 Å². The predicted octanol–water partition coefficient (Wildman–Crippen LogP) is 2.28. The summed E-state index contributed by atoms with van der Waals surface area (Å²) < 4.78 is 34.8. The number of hydrogen-bond acceptors (Lipinski definition) is 3. The molecular formula is C10H8ClFN2O2S. The van der Waals surface area contributed by atoms with Crippen LogP contribution in [0.4, 0.5) is 4.39 Å². The van der Waals surface area contributed by atoms with Crippen molar-refractivity contribution in [3.63, 3.8) is 0 Å². The third-order valence-electron chi connectivity index (χ3n) is 2.18. The SMILES string of the molecule is O=S(=O)(Cl)Cc1cn[nH]c1-c1ccc(F)cc1. The maximum absolute atomic E-state index is 12.8. The first-order chi connectivity index (χ1) is 7.96. The second kappa shape index (κ2) is 4.46. The van der Waals surface area contributed by atoms with Crippen molar-refractivity contribution in [3.8, 4) is 11.3 Å². The lowest BCUT2D eigenvalue weighted by Crippen LogP contribution is -1.95. The lowest BCUT2D eigenvalue weighted by molar-refractivity contribution is 0.609. The summed E-state index contributed by atoms with van der Waals surface area (Å²) in [6.45, 7) is 0. The quantitative estimate of drug-likeness (QED) is 0.874. The van der Waals surface area contributed by atoms with Gasteiger partial charge in [0.2, 0.25) is 9.05 Å². The zero-order valence-electron chi connectivity index (χ0n) is 8.52. The summed E-state index contributed by atoms with van der Waals surface area (Å²) in [5.74, 6) is -0.683. The molecule has 7 heteroatoms. The molecule has 0 saturated heterocycles. The molecule has 1 aromatic carbocycles.